The van der Waals surface area contributed by atoms with Crippen LogP contribution in [0.4, 0.5) is 5.69 Å². The highest BCUT2D eigenvalue weighted by Crippen LogP contribution is 2.11. The summed E-state index contributed by atoms with van der Waals surface area (Å²) >= 11 is 0. The first-order chi connectivity index (χ1) is 10.9. The number of amides is 1. The summed E-state index contributed by atoms with van der Waals surface area (Å²) in [4.78, 5) is 11.9. The molecule has 2 aromatic carbocycles. The Morgan fingerprint density at radius 3 is 2.48 bits per heavy atom. The molecule has 0 aliphatic carbocycles. The maximum Gasteiger partial charge on any atom is 0.224 e. The summed E-state index contributed by atoms with van der Waals surface area (Å²) < 4.78 is 24.1. The monoisotopic (exact) mass is 331 g/mol. The van der Waals surface area contributed by atoms with E-state index >= 15 is 0 Å². The molecule has 2 aromatic rings. The van der Waals surface area contributed by atoms with Crippen molar-refractivity contribution in [3.63, 3.8) is 0 Å². The van der Waals surface area contributed by atoms with Crippen LogP contribution in [0.25, 0.3) is 0 Å². The fraction of sp³-hybridized carbons (Fsp3) is 0.278. The summed E-state index contributed by atoms with van der Waals surface area (Å²) in [5, 5.41) is 2.78. The predicted molar refractivity (Wildman–Crippen MR) is 93.0 cm³/mol. The van der Waals surface area contributed by atoms with Gasteiger partial charge < -0.3 is 5.32 Å². The number of carbonyl (C=O) groups excluding carboxylic acids is 1. The van der Waals surface area contributed by atoms with Crippen molar-refractivity contribution in [2.24, 2.45) is 0 Å². The van der Waals surface area contributed by atoms with Gasteiger partial charge in [0.05, 0.1) is 11.5 Å². The molecule has 0 fully saturated rings. The first-order valence-electron chi connectivity index (χ1n) is 7.55. The van der Waals surface area contributed by atoms with E-state index in [4.69, 9.17) is 0 Å². The van der Waals surface area contributed by atoms with Gasteiger partial charge in [0.1, 0.15) is 0 Å². The van der Waals surface area contributed by atoms with Gasteiger partial charge in [-0.25, -0.2) is 8.42 Å². The van der Waals surface area contributed by atoms with E-state index in [-0.39, 0.29) is 23.8 Å². The SMILES string of the molecule is Cc1cccc(NC(=O)CCCS(=O)(=O)Cc2ccccc2)c1. The highest BCUT2D eigenvalue weighted by atomic mass is 32.2. The van der Waals surface area contributed by atoms with E-state index in [1.165, 1.54) is 0 Å². The Labute approximate surface area is 137 Å². The van der Waals surface area contributed by atoms with E-state index in [2.05, 4.69) is 5.32 Å². The Morgan fingerprint density at radius 2 is 1.78 bits per heavy atom. The molecule has 4 nitrogen and oxygen atoms in total. The molecule has 0 aliphatic rings. The van der Waals surface area contributed by atoms with Crippen LogP contribution >= 0.6 is 0 Å². The van der Waals surface area contributed by atoms with Crippen molar-refractivity contribution < 1.29 is 13.2 Å². The molecule has 23 heavy (non-hydrogen) atoms. The number of carbonyl (C=O) groups is 1. The summed E-state index contributed by atoms with van der Waals surface area (Å²) in [6, 6.07) is 16.6. The molecule has 0 aromatic heterocycles. The van der Waals surface area contributed by atoms with Gasteiger partial charge in [-0.15, -0.1) is 0 Å². The molecule has 2 rings (SSSR count). The lowest BCUT2D eigenvalue weighted by Crippen LogP contribution is -2.15. The summed E-state index contributed by atoms with van der Waals surface area (Å²) in [6.45, 7) is 1.95. The van der Waals surface area contributed by atoms with Gasteiger partial charge in [-0.2, -0.15) is 0 Å². The lowest BCUT2D eigenvalue weighted by molar-refractivity contribution is -0.116. The lowest BCUT2D eigenvalue weighted by Gasteiger charge is -2.07. The second kappa shape index (κ2) is 7.92. The van der Waals surface area contributed by atoms with Crippen LogP contribution in [-0.4, -0.2) is 20.1 Å². The van der Waals surface area contributed by atoms with Crippen LogP contribution in [0.1, 0.15) is 24.0 Å². The Kier molecular flexibility index (Phi) is 5.93. The Bertz CT molecular complexity index is 755. The largest absolute Gasteiger partial charge is 0.326 e. The van der Waals surface area contributed by atoms with Gasteiger partial charge >= 0.3 is 0 Å². The molecule has 0 aliphatic heterocycles. The fourth-order valence-corrected chi connectivity index (χ4v) is 3.73. The van der Waals surface area contributed by atoms with Crippen LogP contribution in [0.5, 0.6) is 0 Å². The number of hydrogen-bond donors (Lipinski definition) is 1. The molecule has 0 radical (unpaired) electrons. The molecule has 122 valence electrons. The minimum atomic E-state index is -3.19. The van der Waals surface area contributed by atoms with Crippen molar-refractivity contribution in [3.05, 3.63) is 65.7 Å². The van der Waals surface area contributed by atoms with Crippen LogP contribution in [-0.2, 0) is 20.4 Å². The van der Waals surface area contributed by atoms with Crippen LogP contribution < -0.4 is 5.32 Å². The summed E-state index contributed by atoms with van der Waals surface area (Å²) in [6.07, 6.45) is 0.523. The molecule has 0 saturated carbocycles. The van der Waals surface area contributed by atoms with Crippen LogP contribution in [0.2, 0.25) is 0 Å². The van der Waals surface area contributed by atoms with Gasteiger partial charge in [0, 0.05) is 12.1 Å². The number of nitrogens with one attached hydrogen (secondary N) is 1. The predicted octanol–water partition coefficient (Wildman–Crippen LogP) is 3.33. The molecular weight excluding hydrogens is 310 g/mol. The fourth-order valence-electron chi connectivity index (χ4n) is 2.30. The number of benzene rings is 2. The van der Waals surface area contributed by atoms with Gasteiger partial charge in [-0.3, -0.25) is 4.79 Å². The van der Waals surface area contributed by atoms with Crippen molar-refractivity contribution in [1.29, 1.82) is 0 Å². The summed E-state index contributed by atoms with van der Waals surface area (Å²) in [7, 11) is -3.19. The van der Waals surface area contributed by atoms with E-state index in [0.717, 1.165) is 16.8 Å². The van der Waals surface area contributed by atoms with Gasteiger partial charge in [0.25, 0.3) is 0 Å². The zero-order chi connectivity index (χ0) is 16.7. The molecule has 0 saturated heterocycles. The number of anilines is 1. The quantitative estimate of drug-likeness (QED) is 0.846. The zero-order valence-corrected chi connectivity index (χ0v) is 14.0. The molecule has 0 bridgehead atoms. The minimum Gasteiger partial charge on any atom is -0.326 e. The molecule has 0 spiro atoms. The van der Waals surface area contributed by atoms with Gasteiger partial charge in [-0.05, 0) is 36.6 Å². The van der Waals surface area contributed by atoms with Crippen LogP contribution in [0.3, 0.4) is 0 Å². The topological polar surface area (TPSA) is 63.2 Å². The third-order valence-electron chi connectivity index (χ3n) is 3.39. The van der Waals surface area contributed by atoms with E-state index in [1.807, 2.05) is 49.4 Å². The van der Waals surface area contributed by atoms with Crippen molar-refractivity contribution in [2.75, 3.05) is 11.1 Å². The smallest absolute Gasteiger partial charge is 0.224 e. The highest BCUT2D eigenvalue weighted by molar-refractivity contribution is 7.90. The minimum absolute atomic E-state index is 0.0170. The van der Waals surface area contributed by atoms with E-state index in [1.54, 1.807) is 12.1 Å². The first kappa shape index (κ1) is 17.2. The van der Waals surface area contributed by atoms with Gasteiger partial charge in [-0.1, -0.05) is 42.5 Å². The number of rotatable bonds is 7. The van der Waals surface area contributed by atoms with Gasteiger partial charge in [0.2, 0.25) is 5.91 Å². The van der Waals surface area contributed by atoms with Crippen molar-refractivity contribution in [3.8, 4) is 0 Å². The molecule has 1 amide bonds. The number of hydrogen-bond acceptors (Lipinski definition) is 3. The van der Waals surface area contributed by atoms with Crippen LogP contribution in [0, 0.1) is 6.92 Å². The molecule has 5 heteroatoms. The number of aryl methyl sites for hydroxylation is 1. The zero-order valence-electron chi connectivity index (χ0n) is 13.2. The first-order valence-corrected chi connectivity index (χ1v) is 9.38. The highest BCUT2D eigenvalue weighted by Gasteiger charge is 2.13. The third-order valence-corrected chi connectivity index (χ3v) is 5.07. The third kappa shape index (κ3) is 6.24. The Morgan fingerprint density at radius 1 is 1.04 bits per heavy atom. The standard InChI is InChI=1S/C18H21NO3S/c1-15-7-5-10-17(13-15)19-18(20)11-6-12-23(21,22)14-16-8-3-2-4-9-16/h2-5,7-10,13H,6,11-12,14H2,1H3,(H,19,20). The summed E-state index contributed by atoms with van der Waals surface area (Å²) in [5.74, 6) is -0.123. The Balaban J connectivity index is 1.78. The maximum absolute atomic E-state index is 12.1. The normalized spacial score (nSPS) is 11.2. The van der Waals surface area contributed by atoms with Gasteiger partial charge in [0.15, 0.2) is 9.84 Å². The van der Waals surface area contributed by atoms with E-state index < -0.39 is 9.84 Å². The molecule has 0 atom stereocenters. The van der Waals surface area contributed by atoms with Crippen LogP contribution in [0.15, 0.2) is 54.6 Å². The van der Waals surface area contributed by atoms with Crippen molar-refractivity contribution in [2.45, 2.75) is 25.5 Å². The molecule has 1 N–H and O–H groups in total. The number of sulfone groups is 1. The second-order valence-corrected chi connectivity index (χ2v) is 7.78. The maximum atomic E-state index is 12.1. The van der Waals surface area contributed by atoms with Crippen molar-refractivity contribution >= 4 is 21.4 Å². The average Bonchev–Trinajstić information content (AvgIpc) is 2.47. The van der Waals surface area contributed by atoms with E-state index in [9.17, 15) is 13.2 Å². The average molecular weight is 331 g/mol. The molecular formula is C18H21NO3S. The van der Waals surface area contributed by atoms with E-state index in [0.29, 0.717) is 6.42 Å². The lowest BCUT2D eigenvalue weighted by atomic mass is 10.2. The second-order valence-electron chi connectivity index (χ2n) is 5.60. The molecule has 0 unspecified atom stereocenters. The Hall–Kier alpha value is -2.14. The van der Waals surface area contributed by atoms with Crippen molar-refractivity contribution in [1.82, 2.24) is 0 Å². The molecule has 0 heterocycles. The summed E-state index contributed by atoms with van der Waals surface area (Å²) in [5.41, 5.74) is 2.58.